The lowest BCUT2D eigenvalue weighted by molar-refractivity contribution is -0.187. The molecule has 0 bridgehead atoms. The van der Waals surface area contributed by atoms with Crippen molar-refractivity contribution in [1.82, 2.24) is 4.90 Å². The van der Waals surface area contributed by atoms with Crippen molar-refractivity contribution < 1.29 is 27.9 Å². The predicted octanol–water partition coefficient (Wildman–Crippen LogP) is 2.32. The Bertz CT molecular complexity index is 473. The summed E-state index contributed by atoms with van der Waals surface area (Å²) in [6.07, 6.45) is -5.11. The summed E-state index contributed by atoms with van der Waals surface area (Å²) in [4.78, 5) is 21.8. The first-order chi connectivity index (χ1) is 8.70. The Hall–Kier alpha value is -1.76. The van der Waals surface area contributed by atoms with Gasteiger partial charge in [0.1, 0.15) is 6.54 Å². The van der Waals surface area contributed by atoms with Gasteiger partial charge in [0.05, 0.1) is 0 Å². The van der Waals surface area contributed by atoms with E-state index < -0.39 is 31.1 Å². The van der Waals surface area contributed by atoms with Crippen molar-refractivity contribution >= 4 is 23.5 Å². The number of aliphatic carboxylic acids is 1. The van der Waals surface area contributed by atoms with Crippen molar-refractivity contribution in [3.8, 4) is 0 Å². The van der Waals surface area contributed by atoms with E-state index in [0.717, 1.165) is 0 Å². The second-order valence-corrected chi connectivity index (χ2v) is 4.12. The predicted molar refractivity (Wildman–Crippen MR) is 60.6 cm³/mol. The SMILES string of the molecule is O=C(O)CN(Cc1ccc(Cl)cc1)C(=O)C(F)(F)F. The molecule has 1 aromatic carbocycles. The van der Waals surface area contributed by atoms with Gasteiger partial charge in [0, 0.05) is 11.6 Å². The second-order valence-electron chi connectivity index (χ2n) is 3.68. The summed E-state index contributed by atoms with van der Waals surface area (Å²) in [5.41, 5.74) is 0.350. The number of carbonyl (C=O) groups excluding carboxylic acids is 1. The fraction of sp³-hybridized carbons (Fsp3) is 0.273. The summed E-state index contributed by atoms with van der Waals surface area (Å²) in [5, 5.41) is 8.92. The van der Waals surface area contributed by atoms with E-state index in [-0.39, 0.29) is 4.90 Å². The Morgan fingerprint density at radius 3 is 2.16 bits per heavy atom. The summed E-state index contributed by atoms with van der Waals surface area (Å²) in [7, 11) is 0. The number of carboxylic acids is 1. The molecule has 0 saturated carbocycles. The van der Waals surface area contributed by atoms with Gasteiger partial charge in [0.2, 0.25) is 0 Å². The van der Waals surface area contributed by atoms with Gasteiger partial charge < -0.3 is 10.0 Å². The van der Waals surface area contributed by atoms with Crippen LogP contribution in [-0.2, 0) is 16.1 Å². The first kappa shape index (κ1) is 15.3. The summed E-state index contributed by atoms with van der Waals surface area (Å²) < 4.78 is 36.9. The van der Waals surface area contributed by atoms with E-state index in [4.69, 9.17) is 16.7 Å². The van der Waals surface area contributed by atoms with E-state index in [2.05, 4.69) is 0 Å². The Morgan fingerprint density at radius 1 is 1.21 bits per heavy atom. The Balaban J connectivity index is 2.89. The van der Waals surface area contributed by atoms with Crippen molar-refractivity contribution in [2.24, 2.45) is 0 Å². The van der Waals surface area contributed by atoms with Gasteiger partial charge in [0.15, 0.2) is 0 Å². The van der Waals surface area contributed by atoms with Crippen LogP contribution in [0.2, 0.25) is 5.02 Å². The molecule has 0 aromatic heterocycles. The van der Waals surface area contributed by atoms with Gasteiger partial charge in [-0.25, -0.2) is 0 Å². The third-order valence-corrected chi connectivity index (χ3v) is 2.39. The zero-order valence-electron chi connectivity index (χ0n) is 9.45. The number of hydrogen-bond acceptors (Lipinski definition) is 2. The highest BCUT2D eigenvalue weighted by Crippen LogP contribution is 2.20. The number of carbonyl (C=O) groups is 2. The van der Waals surface area contributed by atoms with Crippen LogP contribution in [0.25, 0.3) is 0 Å². The summed E-state index contributed by atoms with van der Waals surface area (Å²) >= 11 is 5.61. The van der Waals surface area contributed by atoms with Gasteiger partial charge in [-0.1, -0.05) is 23.7 Å². The smallest absolute Gasteiger partial charge is 0.471 e. The quantitative estimate of drug-likeness (QED) is 0.927. The van der Waals surface area contributed by atoms with Crippen LogP contribution >= 0.6 is 11.6 Å². The largest absolute Gasteiger partial charge is 0.480 e. The van der Waals surface area contributed by atoms with Crippen molar-refractivity contribution in [3.63, 3.8) is 0 Å². The molecule has 0 aliphatic heterocycles. The maximum absolute atomic E-state index is 12.3. The molecule has 0 atom stereocenters. The molecule has 1 aromatic rings. The molecular formula is C11H9ClF3NO3. The van der Waals surface area contributed by atoms with E-state index >= 15 is 0 Å². The van der Waals surface area contributed by atoms with Crippen LogP contribution < -0.4 is 0 Å². The molecule has 0 saturated heterocycles. The first-order valence-electron chi connectivity index (χ1n) is 5.02. The van der Waals surface area contributed by atoms with Crippen molar-refractivity contribution in [2.75, 3.05) is 6.54 Å². The maximum atomic E-state index is 12.3. The summed E-state index contributed by atoms with van der Waals surface area (Å²) in [6.45, 7) is -1.48. The number of halogens is 4. The normalized spacial score (nSPS) is 11.2. The molecule has 4 nitrogen and oxygen atoms in total. The highest BCUT2D eigenvalue weighted by molar-refractivity contribution is 6.30. The topological polar surface area (TPSA) is 57.6 Å². The van der Waals surface area contributed by atoms with Gasteiger partial charge in [-0.3, -0.25) is 9.59 Å². The van der Waals surface area contributed by atoms with Gasteiger partial charge in [-0.2, -0.15) is 13.2 Å². The lowest BCUT2D eigenvalue weighted by atomic mass is 10.2. The molecule has 19 heavy (non-hydrogen) atoms. The Labute approximate surface area is 111 Å². The molecular weight excluding hydrogens is 287 g/mol. The van der Waals surface area contributed by atoms with Crippen molar-refractivity contribution in [2.45, 2.75) is 12.7 Å². The fourth-order valence-corrected chi connectivity index (χ4v) is 1.48. The number of alkyl halides is 3. The summed E-state index contributed by atoms with van der Waals surface area (Å²) in [5.74, 6) is -3.71. The molecule has 0 fully saturated rings. The molecule has 8 heteroatoms. The second kappa shape index (κ2) is 5.92. The number of hydrogen-bond donors (Lipinski definition) is 1. The first-order valence-corrected chi connectivity index (χ1v) is 5.40. The van der Waals surface area contributed by atoms with Crippen LogP contribution in [0.5, 0.6) is 0 Å². The molecule has 0 aliphatic rings. The average Bonchev–Trinajstić information content (AvgIpc) is 2.28. The van der Waals surface area contributed by atoms with E-state index in [1.807, 2.05) is 0 Å². The van der Waals surface area contributed by atoms with Crippen LogP contribution in [0.15, 0.2) is 24.3 Å². The van der Waals surface area contributed by atoms with Crippen LogP contribution in [0.1, 0.15) is 5.56 Å². The van der Waals surface area contributed by atoms with E-state index in [9.17, 15) is 22.8 Å². The molecule has 0 unspecified atom stereocenters. The minimum atomic E-state index is -5.11. The molecule has 1 amide bonds. The lowest BCUT2D eigenvalue weighted by Crippen LogP contribution is -2.43. The number of carboxylic acid groups (broad SMARTS) is 1. The van der Waals surface area contributed by atoms with Crippen LogP contribution in [0.4, 0.5) is 13.2 Å². The van der Waals surface area contributed by atoms with Crippen LogP contribution in [0.3, 0.4) is 0 Å². The zero-order chi connectivity index (χ0) is 14.6. The van der Waals surface area contributed by atoms with Gasteiger partial charge in [-0.05, 0) is 17.7 Å². The third-order valence-electron chi connectivity index (χ3n) is 2.14. The number of benzene rings is 1. The molecule has 1 N–H and O–H groups in total. The van der Waals surface area contributed by atoms with E-state index in [1.54, 1.807) is 0 Å². The highest BCUT2D eigenvalue weighted by Gasteiger charge is 2.42. The minimum absolute atomic E-state index is 0.214. The van der Waals surface area contributed by atoms with Crippen molar-refractivity contribution in [3.05, 3.63) is 34.9 Å². The molecule has 0 aliphatic carbocycles. The molecule has 0 heterocycles. The average molecular weight is 296 g/mol. The van der Waals surface area contributed by atoms with E-state index in [0.29, 0.717) is 10.6 Å². The monoisotopic (exact) mass is 295 g/mol. The Morgan fingerprint density at radius 2 is 1.74 bits per heavy atom. The number of rotatable bonds is 4. The van der Waals surface area contributed by atoms with Crippen molar-refractivity contribution in [1.29, 1.82) is 0 Å². The zero-order valence-corrected chi connectivity index (χ0v) is 10.2. The fourth-order valence-electron chi connectivity index (χ4n) is 1.35. The maximum Gasteiger partial charge on any atom is 0.471 e. The van der Waals surface area contributed by atoms with E-state index in [1.165, 1.54) is 24.3 Å². The Kier molecular flexibility index (Phi) is 4.77. The summed E-state index contributed by atoms with van der Waals surface area (Å²) in [6, 6.07) is 5.71. The lowest BCUT2D eigenvalue weighted by Gasteiger charge is -2.21. The number of nitrogens with zero attached hydrogens (tertiary/aromatic N) is 1. The van der Waals surface area contributed by atoms with Crippen LogP contribution in [-0.4, -0.2) is 34.6 Å². The van der Waals surface area contributed by atoms with Crippen LogP contribution in [0, 0.1) is 0 Å². The number of amides is 1. The third kappa shape index (κ3) is 4.78. The molecule has 1 rings (SSSR count). The minimum Gasteiger partial charge on any atom is -0.480 e. The standard InChI is InChI=1S/C11H9ClF3NO3/c12-8-3-1-7(2-4-8)5-16(6-9(17)18)10(19)11(13,14)15/h1-4H,5-6H2,(H,17,18). The molecule has 0 radical (unpaired) electrons. The molecule has 0 spiro atoms. The van der Waals surface area contributed by atoms with Gasteiger partial charge in [-0.15, -0.1) is 0 Å². The van der Waals surface area contributed by atoms with Gasteiger partial charge >= 0.3 is 18.1 Å². The molecule has 104 valence electrons. The highest BCUT2D eigenvalue weighted by atomic mass is 35.5. The van der Waals surface area contributed by atoms with Gasteiger partial charge in [0.25, 0.3) is 0 Å².